The van der Waals surface area contributed by atoms with E-state index in [9.17, 15) is 13.2 Å². The van der Waals surface area contributed by atoms with Crippen molar-refractivity contribution in [2.24, 2.45) is 5.92 Å². The summed E-state index contributed by atoms with van der Waals surface area (Å²) in [5.41, 5.74) is 1.17. The number of rotatable bonds is 11. The average Bonchev–Trinajstić information content (AvgIpc) is 3.61. The first-order chi connectivity index (χ1) is 15.5. The lowest BCUT2D eigenvalue weighted by Crippen LogP contribution is -2.56. The maximum Gasteiger partial charge on any atom is 0.212 e. The van der Waals surface area contributed by atoms with Crippen molar-refractivity contribution >= 4 is 16.3 Å². The first kappa shape index (κ1) is 23.7. The normalized spacial score (nSPS) is 28.9. The fraction of sp³-hybridized carbons (Fsp3) is 0.708. The zero-order valence-electron chi connectivity index (χ0n) is 18.7. The number of piperidine rings is 1. The summed E-state index contributed by atoms with van der Waals surface area (Å²) in [6, 6.07) is 7.91. The number of hydrogen-bond acceptors (Lipinski definition) is 6. The number of carbonyl (C=O) groups is 1. The van der Waals surface area contributed by atoms with Gasteiger partial charge in [0.15, 0.2) is 6.29 Å². The molecule has 2 saturated carbocycles. The second-order valence-corrected chi connectivity index (χ2v) is 11.3. The summed E-state index contributed by atoms with van der Waals surface area (Å²) in [6.45, 7) is 1.51. The van der Waals surface area contributed by atoms with Gasteiger partial charge in [0, 0.05) is 12.1 Å². The molecule has 0 radical (unpaired) electrons. The number of sulfonamides is 1. The van der Waals surface area contributed by atoms with Crippen molar-refractivity contribution in [1.82, 2.24) is 10.0 Å². The van der Waals surface area contributed by atoms with Crippen LogP contribution >= 0.6 is 0 Å². The zero-order valence-corrected chi connectivity index (χ0v) is 19.5. The van der Waals surface area contributed by atoms with Crippen molar-refractivity contribution in [3.8, 4) is 5.75 Å². The van der Waals surface area contributed by atoms with Gasteiger partial charge in [-0.1, -0.05) is 18.2 Å². The van der Waals surface area contributed by atoms with Crippen LogP contribution in [0.3, 0.4) is 0 Å². The Hall–Kier alpha value is -1.48. The Kier molecular flexibility index (Phi) is 8.21. The smallest absolute Gasteiger partial charge is 0.212 e. The van der Waals surface area contributed by atoms with E-state index in [1.807, 2.05) is 18.2 Å². The van der Waals surface area contributed by atoms with E-state index in [1.54, 1.807) is 0 Å². The maximum atomic E-state index is 12.5. The van der Waals surface area contributed by atoms with Crippen molar-refractivity contribution in [2.45, 2.75) is 75.5 Å². The van der Waals surface area contributed by atoms with Crippen LogP contribution in [-0.4, -0.2) is 58.4 Å². The first-order valence-corrected chi connectivity index (χ1v) is 13.7. The number of para-hydroxylation sites is 1. The van der Waals surface area contributed by atoms with Gasteiger partial charge in [-0.3, -0.25) is 4.79 Å². The van der Waals surface area contributed by atoms with E-state index in [2.05, 4.69) is 16.1 Å². The lowest BCUT2D eigenvalue weighted by molar-refractivity contribution is -0.109. The zero-order chi connectivity index (χ0) is 22.4. The fourth-order valence-corrected chi connectivity index (χ4v) is 6.79. The van der Waals surface area contributed by atoms with Gasteiger partial charge in [0.25, 0.3) is 0 Å². The number of benzene rings is 1. The maximum absolute atomic E-state index is 12.5. The summed E-state index contributed by atoms with van der Waals surface area (Å²) in [6.07, 6.45) is 8.85. The molecule has 2 N–H and O–H groups in total. The largest absolute Gasteiger partial charge is 0.486 e. The Balaban J connectivity index is 1.25. The molecule has 3 aliphatic rings. The SMILES string of the molecule is O=CCOc1ccccc1C1CCC(OC[C@@H]2NCCC[C@@H]2NS(=O)(=O)CC2CC2)CC1. The third kappa shape index (κ3) is 6.76. The average molecular weight is 465 g/mol. The summed E-state index contributed by atoms with van der Waals surface area (Å²) in [5, 5.41) is 3.46. The molecule has 1 aromatic carbocycles. The predicted molar refractivity (Wildman–Crippen MR) is 123 cm³/mol. The molecule has 3 fully saturated rings. The number of nitrogens with one attached hydrogen (secondary N) is 2. The lowest BCUT2D eigenvalue weighted by atomic mass is 9.82. The molecular formula is C24H36N2O5S. The summed E-state index contributed by atoms with van der Waals surface area (Å²) in [4.78, 5) is 10.7. The highest BCUT2D eigenvalue weighted by Gasteiger charge is 2.33. The minimum atomic E-state index is -3.22. The highest BCUT2D eigenvalue weighted by Crippen LogP contribution is 2.38. The van der Waals surface area contributed by atoms with Crippen LogP contribution in [0.25, 0.3) is 0 Å². The first-order valence-electron chi connectivity index (χ1n) is 12.0. The number of carbonyl (C=O) groups excluding carboxylic acids is 1. The molecule has 1 saturated heterocycles. The molecule has 178 valence electrons. The molecule has 0 spiro atoms. The molecule has 8 heteroatoms. The molecule has 7 nitrogen and oxygen atoms in total. The molecule has 0 aromatic heterocycles. The van der Waals surface area contributed by atoms with Gasteiger partial charge >= 0.3 is 0 Å². The molecule has 0 unspecified atom stereocenters. The van der Waals surface area contributed by atoms with Gasteiger partial charge in [0.05, 0.1) is 18.5 Å². The van der Waals surface area contributed by atoms with E-state index in [1.165, 1.54) is 5.56 Å². The van der Waals surface area contributed by atoms with Gasteiger partial charge in [-0.2, -0.15) is 0 Å². The summed E-state index contributed by atoms with van der Waals surface area (Å²) >= 11 is 0. The summed E-state index contributed by atoms with van der Waals surface area (Å²) < 4.78 is 39.7. The summed E-state index contributed by atoms with van der Waals surface area (Å²) in [7, 11) is -3.22. The van der Waals surface area contributed by atoms with Gasteiger partial charge in [0.1, 0.15) is 12.4 Å². The Morgan fingerprint density at radius 3 is 2.59 bits per heavy atom. The minimum absolute atomic E-state index is 0.0212. The predicted octanol–water partition coefficient (Wildman–Crippen LogP) is 2.76. The summed E-state index contributed by atoms with van der Waals surface area (Å²) in [5.74, 6) is 1.83. The van der Waals surface area contributed by atoms with Gasteiger partial charge in [-0.05, 0) is 81.4 Å². The van der Waals surface area contributed by atoms with E-state index >= 15 is 0 Å². The van der Waals surface area contributed by atoms with E-state index < -0.39 is 10.0 Å². The highest BCUT2D eigenvalue weighted by atomic mass is 32.2. The third-order valence-electron chi connectivity index (χ3n) is 6.92. The van der Waals surface area contributed by atoms with Crippen LogP contribution < -0.4 is 14.8 Å². The Morgan fingerprint density at radius 1 is 1.06 bits per heavy atom. The molecule has 2 atom stereocenters. The Labute approximate surface area is 191 Å². The number of hydrogen-bond donors (Lipinski definition) is 2. The van der Waals surface area contributed by atoms with Crippen LogP contribution in [0, 0.1) is 5.92 Å². The molecule has 1 heterocycles. The van der Waals surface area contributed by atoms with Gasteiger partial charge < -0.3 is 14.8 Å². The molecule has 0 bridgehead atoms. The number of ether oxygens (including phenoxy) is 2. The van der Waals surface area contributed by atoms with Crippen LogP contribution in [-0.2, 0) is 19.6 Å². The molecule has 1 aliphatic heterocycles. The standard InChI is InChI=1S/C24H36N2O5S/c27-14-15-30-24-6-2-1-4-21(24)19-9-11-20(12-10-19)31-16-23-22(5-3-13-25-23)26-32(28,29)17-18-7-8-18/h1-2,4,6,14,18-20,22-23,25-26H,3,5,7-13,15-17H2/t19?,20?,22-,23-/m0/s1. The molecule has 2 aliphatic carbocycles. The van der Waals surface area contributed by atoms with Crippen molar-refractivity contribution in [3.05, 3.63) is 29.8 Å². The van der Waals surface area contributed by atoms with Crippen LogP contribution in [0.2, 0.25) is 0 Å². The van der Waals surface area contributed by atoms with Crippen LogP contribution in [0.5, 0.6) is 5.75 Å². The van der Waals surface area contributed by atoms with E-state index in [0.717, 1.165) is 69.9 Å². The van der Waals surface area contributed by atoms with Gasteiger partial charge in [-0.25, -0.2) is 13.1 Å². The van der Waals surface area contributed by atoms with Gasteiger partial charge in [0.2, 0.25) is 10.0 Å². The van der Waals surface area contributed by atoms with Crippen molar-refractivity contribution in [2.75, 3.05) is 25.5 Å². The van der Waals surface area contributed by atoms with E-state index in [0.29, 0.717) is 18.4 Å². The molecule has 4 rings (SSSR count). The second kappa shape index (κ2) is 11.1. The van der Waals surface area contributed by atoms with Crippen molar-refractivity contribution < 1.29 is 22.7 Å². The molecule has 1 aromatic rings. The van der Waals surface area contributed by atoms with E-state index in [-0.39, 0.29) is 30.5 Å². The topological polar surface area (TPSA) is 93.7 Å². The highest BCUT2D eigenvalue weighted by molar-refractivity contribution is 7.89. The Morgan fingerprint density at radius 2 is 1.84 bits per heavy atom. The number of aldehydes is 1. The molecule has 0 amide bonds. The van der Waals surface area contributed by atoms with Gasteiger partial charge in [-0.15, -0.1) is 0 Å². The van der Waals surface area contributed by atoms with E-state index in [4.69, 9.17) is 9.47 Å². The third-order valence-corrected chi connectivity index (χ3v) is 8.49. The molecule has 32 heavy (non-hydrogen) atoms. The molecular weight excluding hydrogens is 428 g/mol. The quantitative estimate of drug-likeness (QED) is 0.489. The van der Waals surface area contributed by atoms with Crippen molar-refractivity contribution in [1.29, 1.82) is 0 Å². The van der Waals surface area contributed by atoms with Crippen LogP contribution in [0.15, 0.2) is 24.3 Å². The van der Waals surface area contributed by atoms with Crippen LogP contribution in [0.4, 0.5) is 0 Å². The second-order valence-electron chi connectivity index (χ2n) is 9.47. The monoisotopic (exact) mass is 464 g/mol. The minimum Gasteiger partial charge on any atom is -0.486 e. The van der Waals surface area contributed by atoms with Crippen LogP contribution in [0.1, 0.15) is 62.8 Å². The Bertz CT molecular complexity index is 850. The lowest BCUT2D eigenvalue weighted by Gasteiger charge is -2.35. The van der Waals surface area contributed by atoms with Crippen molar-refractivity contribution in [3.63, 3.8) is 0 Å². The fourth-order valence-electron chi connectivity index (χ4n) is 5.00.